The number of nitriles is 1. The standard InChI is InChI=1S/C19H18N4O3/c1-12(24)22-16-8-4-7-14(9-16)19(26)23-17(18(21)25)10-13-5-2-3-6-15(13)11-20/h2-9,17H,10H2,1H3,(H2,21,25)(H,22,24)(H,23,26)/t17-/m1/s1. The van der Waals surface area contributed by atoms with Gasteiger partial charge in [0.05, 0.1) is 11.6 Å². The van der Waals surface area contributed by atoms with Gasteiger partial charge in [0.25, 0.3) is 5.91 Å². The SMILES string of the molecule is CC(=O)Nc1cccc(C(=O)N[C@H](Cc2ccccc2C#N)C(N)=O)c1. The lowest BCUT2D eigenvalue weighted by atomic mass is 10.00. The normalized spacial score (nSPS) is 11.1. The van der Waals surface area contributed by atoms with Crippen LogP contribution in [0.3, 0.4) is 0 Å². The van der Waals surface area contributed by atoms with Crippen LogP contribution >= 0.6 is 0 Å². The van der Waals surface area contributed by atoms with Gasteiger partial charge in [0.15, 0.2) is 0 Å². The lowest BCUT2D eigenvalue weighted by Crippen LogP contribution is -2.46. The van der Waals surface area contributed by atoms with Crippen LogP contribution in [0, 0.1) is 11.3 Å². The average Bonchev–Trinajstić information content (AvgIpc) is 2.61. The molecule has 0 radical (unpaired) electrons. The molecule has 0 aliphatic heterocycles. The van der Waals surface area contributed by atoms with Crippen molar-refractivity contribution in [2.75, 3.05) is 5.32 Å². The summed E-state index contributed by atoms with van der Waals surface area (Å²) in [6, 6.07) is 14.2. The number of anilines is 1. The second-order valence-electron chi connectivity index (χ2n) is 5.66. The van der Waals surface area contributed by atoms with E-state index in [1.807, 2.05) is 6.07 Å². The number of carbonyl (C=O) groups is 3. The van der Waals surface area contributed by atoms with Crippen LogP contribution in [0.25, 0.3) is 0 Å². The number of nitrogens with one attached hydrogen (secondary N) is 2. The maximum absolute atomic E-state index is 12.4. The van der Waals surface area contributed by atoms with E-state index in [0.29, 0.717) is 16.8 Å². The van der Waals surface area contributed by atoms with Crippen LogP contribution in [0.1, 0.15) is 28.4 Å². The van der Waals surface area contributed by atoms with Crippen molar-refractivity contribution in [3.05, 3.63) is 65.2 Å². The van der Waals surface area contributed by atoms with Crippen LogP contribution in [0.5, 0.6) is 0 Å². The minimum absolute atomic E-state index is 0.107. The Balaban J connectivity index is 2.17. The summed E-state index contributed by atoms with van der Waals surface area (Å²) >= 11 is 0. The van der Waals surface area contributed by atoms with Gasteiger partial charge in [-0.1, -0.05) is 24.3 Å². The smallest absolute Gasteiger partial charge is 0.252 e. The Kier molecular flexibility index (Phi) is 6.06. The van der Waals surface area contributed by atoms with E-state index in [4.69, 9.17) is 11.0 Å². The van der Waals surface area contributed by atoms with E-state index in [2.05, 4.69) is 10.6 Å². The number of amides is 3. The van der Waals surface area contributed by atoms with Crippen molar-refractivity contribution in [3.63, 3.8) is 0 Å². The van der Waals surface area contributed by atoms with Crippen LogP contribution in [0.15, 0.2) is 48.5 Å². The third-order valence-corrected chi connectivity index (χ3v) is 3.66. The minimum atomic E-state index is -0.971. The summed E-state index contributed by atoms with van der Waals surface area (Å²) in [5.41, 5.74) is 7.18. The predicted octanol–water partition coefficient (Wildman–Crippen LogP) is 1.34. The molecule has 0 aliphatic rings. The molecule has 0 aromatic heterocycles. The monoisotopic (exact) mass is 350 g/mol. The Morgan fingerprint density at radius 3 is 2.54 bits per heavy atom. The van der Waals surface area contributed by atoms with Gasteiger partial charge in [0.1, 0.15) is 6.04 Å². The molecule has 2 aromatic rings. The lowest BCUT2D eigenvalue weighted by molar-refractivity contribution is -0.119. The number of hydrogen-bond acceptors (Lipinski definition) is 4. The number of rotatable bonds is 6. The van der Waals surface area contributed by atoms with E-state index >= 15 is 0 Å². The van der Waals surface area contributed by atoms with E-state index in [-0.39, 0.29) is 17.9 Å². The second kappa shape index (κ2) is 8.44. The van der Waals surface area contributed by atoms with Gasteiger partial charge in [-0.3, -0.25) is 14.4 Å². The largest absolute Gasteiger partial charge is 0.368 e. The van der Waals surface area contributed by atoms with E-state index in [1.54, 1.807) is 42.5 Å². The molecule has 0 spiro atoms. The van der Waals surface area contributed by atoms with Crippen LogP contribution in [-0.2, 0) is 16.0 Å². The van der Waals surface area contributed by atoms with Crippen molar-refractivity contribution in [1.82, 2.24) is 5.32 Å². The first-order valence-corrected chi connectivity index (χ1v) is 7.86. The highest BCUT2D eigenvalue weighted by atomic mass is 16.2. The van der Waals surface area contributed by atoms with Gasteiger partial charge in [-0.05, 0) is 29.8 Å². The van der Waals surface area contributed by atoms with E-state index < -0.39 is 17.9 Å². The van der Waals surface area contributed by atoms with Crippen molar-refractivity contribution in [3.8, 4) is 6.07 Å². The van der Waals surface area contributed by atoms with Crippen molar-refractivity contribution in [2.24, 2.45) is 5.73 Å². The fraction of sp³-hybridized carbons (Fsp3) is 0.158. The fourth-order valence-corrected chi connectivity index (χ4v) is 2.43. The third-order valence-electron chi connectivity index (χ3n) is 3.66. The second-order valence-corrected chi connectivity index (χ2v) is 5.66. The van der Waals surface area contributed by atoms with E-state index in [0.717, 1.165) is 0 Å². The van der Waals surface area contributed by atoms with Crippen molar-refractivity contribution >= 4 is 23.4 Å². The van der Waals surface area contributed by atoms with Crippen LogP contribution < -0.4 is 16.4 Å². The molecule has 3 amide bonds. The molecule has 7 nitrogen and oxygen atoms in total. The van der Waals surface area contributed by atoms with Crippen LogP contribution in [0.4, 0.5) is 5.69 Å². The predicted molar refractivity (Wildman–Crippen MR) is 96.1 cm³/mol. The molecule has 132 valence electrons. The Labute approximate surface area is 150 Å². The maximum atomic E-state index is 12.4. The number of primary amides is 1. The number of benzene rings is 2. The summed E-state index contributed by atoms with van der Waals surface area (Å²) in [6.45, 7) is 1.36. The molecule has 0 unspecified atom stereocenters. The summed E-state index contributed by atoms with van der Waals surface area (Å²) < 4.78 is 0. The van der Waals surface area contributed by atoms with Gasteiger partial charge in [-0.15, -0.1) is 0 Å². The third kappa shape index (κ3) is 4.92. The maximum Gasteiger partial charge on any atom is 0.252 e. The zero-order chi connectivity index (χ0) is 19.1. The van der Waals surface area contributed by atoms with Gasteiger partial charge >= 0.3 is 0 Å². The highest BCUT2D eigenvalue weighted by molar-refractivity contribution is 5.99. The summed E-state index contributed by atoms with van der Waals surface area (Å²) in [7, 11) is 0. The van der Waals surface area contributed by atoms with Gasteiger partial charge in [0, 0.05) is 24.6 Å². The zero-order valence-corrected chi connectivity index (χ0v) is 14.2. The van der Waals surface area contributed by atoms with Crippen LogP contribution in [-0.4, -0.2) is 23.8 Å². The summed E-state index contributed by atoms with van der Waals surface area (Å²) in [4.78, 5) is 35.3. The van der Waals surface area contributed by atoms with Gasteiger partial charge in [-0.25, -0.2) is 0 Å². The summed E-state index contributed by atoms with van der Waals surface area (Å²) in [5.74, 6) is -1.47. The zero-order valence-electron chi connectivity index (χ0n) is 14.2. The van der Waals surface area contributed by atoms with Gasteiger partial charge in [0.2, 0.25) is 11.8 Å². The molecule has 1 atom stereocenters. The van der Waals surface area contributed by atoms with Crippen LogP contribution in [0.2, 0.25) is 0 Å². The summed E-state index contributed by atoms with van der Waals surface area (Å²) in [6.07, 6.45) is 0.107. The van der Waals surface area contributed by atoms with Crippen molar-refractivity contribution < 1.29 is 14.4 Å². The molecular formula is C19H18N4O3. The van der Waals surface area contributed by atoms with Crippen molar-refractivity contribution in [1.29, 1.82) is 5.26 Å². The highest BCUT2D eigenvalue weighted by Gasteiger charge is 2.21. The Morgan fingerprint density at radius 2 is 1.88 bits per heavy atom. The Hall–Kier alpha value is -3.66. The molecule has 2 rings (SSSR count). The minimum Gasteiger partial charge on any atom is -0.368 e. The van der Waals surface area contributed by atoms with Gasteiger partial charge < -0.3 is 16.4 Å². The molecule has 0 bridgehead atoms. The highest BCUT2D eigenvalue weighted by Crippen LogP contribution is 2.13. The molecule has 26 heavy (non-hydrogen) atoms. The molecule has 0 fully saturated rings. The molecule has 0 saturated carbocycles. The molecular weight excluding hydrogens is 332 g/mol. The first-order valence-electron chi connectivity index (χ1n) is 7.86. The quantitative estimate of drug-likeness (QED) is 0.727. The average molecular weight is 350 g/mol. The van der Waals surface area contributed by atoms with E-state index in [9.17, 15) is 14.4 Å². The van der Waals surface area contributed by atoms with Gasteiger partial charge in [-0.2, -0.15) is 5.26 Å². The number of nitrogens with two attached hydrogens (primary N) is 1. The number of hydrogen-bond donors (Lipinski definition) is 3. The topological polar surface area (TPSA) is 125 Å². The molecule has 0 aliphatic carbocycles. The van der Waals surface area contributed by atoms with E-state index in [1.165, 1.54) is 13.0 Å². The number of carbonyl (C=O) groups excluding carboxylic acids is 3. The molecule has 4 N–H and O–H groups in total. The molecule has 7 heteroatoms. The molecule has 2 aromatic carbocycles. The Bertz CT molecular complexity index is 886. The van der Waals surface area contributed by atoms with Crippen molar-refractivity contribution in [2.45, 2.75) is 19.4 Å². The first-order chi connectivity index (χ1) is 12.4. The molecule has 0 saturated heterocycles. The Morgan fingerprint density at radius 1 is 1.15 bits per heavy atom. The number of nitrogens with zero attached hydrogens (tertiary/aromatic N) is 1. The fourth-order valence-electron chi connectivity index (χ4n) is 2.43. The summed E-state index contributed by atoms with van der Waals surface area (Å²) in [5, 5.41) is 14.3. The first kappa shape index (κ1) is 18.7. The lowest BCUT2D eigenvalue weighted by Gasteiger charge is -2.16. The molecule has 0 heterocycles.